The first kappa shape index (κ1) is 24.3. The highest BCUT2D eigenvalue weighted by Crippen LogP contribution is 2.38. The summed E-state index contributed by atoms with van der Waals surface area (Å²) >= 11 is 6.42. The molecule has 0 atom stereocenters. The number of ether oxygens (including phenoxy) is 2. The molecule has 1 amide bonds. The number of nitro groups is 1. The van der Waals surface area contributed by atoms with Crippen molar-refractivity contribution in [3.63, 3.8) is 0 Å². The third kappa shape index (κ3) is 6.34. The summed E-state index contributed by atoms with van der Waals surface area (Å²) in [5.41, 5.74) is 1.64. The average molecular weight is 478 g/mol. The number of hydrogen-bond acceptors (Lipinski definition) is 6. The van der Waals surface area contributed by atoms with Crippen LogP contribution in [0.1, 0.15) is 18.1 Å². The molecule has 1 N–H and O–H groups in total. The third-order valence-electron chi connectivity index (χ3n) is 4.54. The summed E-state index contributed by atoms with van der Waals surface area (Å²) in [6.45, 7) is 1.80. The number of nitrogens with one attached hydrogen (secondary N) is 1. The van der Waals surface area contributed by atoms with Crippen molar-refractivity contribution < 1.29 is 19.2 Å². The number of carbonyl (C=O) groups excluding carboxylic acids is 1. The number of carbonyl (C=O) groups is 1. The van der Waals surface area contributed by atoms with Gasteiger partial charge in [-0.2, -0.15) is 5.26 Å². The van der Waals surface area contributed by atoms with Crippen molar-refractivity contribution in [1.82, 2.24) is 0 Å². The lowest BCUT2D eigenvalue weighted by Gasteiger charge is -2.14. The Hall–Kier alpha value is -4.35. The number of hydrogen-bond donors (Lipinski definition) is 1. The second kappa shape index (κ2) is 11.5. The van der Waals surface area contributed by atoms with Gasteiger partial charge in [0.1, 0.15) is 0 Å². The van der Waals surface area contributed by atoms with Crippen LogP contribution in [-0.2, 0) is 4.79 Å². The lowest BCUT2D eigenvalue weighted by Crippen LogP contribution is -2.20. The molecule has 0 saturated heterocycles. The summed E-state index contributed by atoms with van der Waals surface area (Å²) in [5.74, 6) is 0.119. The van der Waals surface area contributed by atoms with E-state index in [2.05, 4.69) is 11.4 Å². The number of para-hydroxylation sites is 1. The monoisotopic (exact) mass is 477 g/mol. The predicted octanol–water partition coefficient (Wildman–Crippen LogP) is 5.73. The number of nitriles is 1. The van der Waals surface area contributed by atoms with Gasteiger partial charge in [-0.05, 0) is 48.4 Å². The molecular formula is C25H20ClN3O5. The summed E-state index contributed by atoms with van der Waals surface area (Å²) in [6, 6.07) is 20.0. The van der Waals surface area contributed by atoms with Crippen molar-refractivity contribution in [1.29, 1.82) is 5.26 Å². The van der Waals surface area contributed by atoms with Crippen LogP contribution >= 0.6 is 11.6 Å². The van der Waals surface area contributed by atoms with Crippen LogP contribution in [-0.4, -0.2) is 24.0 Å². The predicted molar refractivity (Wildman–Crippen MR) is 130 cm³/mol. The molecule has 0 saturated carbocycles. The molecule has 3 aromatic rings. The Balaban J connectivity index is 1.85. The molecule has 0 bridgehead atoms. The van der Waals surface area contributed by atoms with Crippen molar-refractivity contribution in [2.75, 3.05) is 18.5 Å². The molecule has 172 valence electrons. The Labute approximate surface area is 201 Å². The molecule has 3 aromatic carbocycles. The van der Waals surface area contributed by atoms with Crippen LogP contribution in [0.25, 0.3) is 11.6 Å². The number of benzene rings is 3. The van der Waals surface area contributed by atoms with Gasteiger partial charge >= 0.3 is 0 Å². The molecule has 34 heavy (non-hydrogen) atoms. The number of amides is 1. The molecule has 9 heteroatoms. The molecule has 0 aliphatic rings. The van der Waals surface area contributed by atoms with E-state index in [9.17, 15) is 20.2 Å². The molecule has 0 spiro atoms. The Morgan fingerprint density at radius 2 is 1.91 bits per heavy atom. The highest BCUT2D eigenvalue weighted by Gasteiger charge is 2.15. The number of allylic oxidation sites excluding steroid dienone is 1. The lowest BCUT2D eigenvalue weighted by molar-refractivity contribution is -0.384. The first-order valence-corrected chi connectivity index (χ1v) is 10.6. The van der Waals surface area contributed by atoms with Crippen LogP contribution in [0.4, 0.5) is 11.4 Å². The topological polar surface area (TPSA) is 114 Å². The van der Waals surface area contributed by atoms with Gasteiger partial charge in [-0.1, -0.05) is 41.9 Å². The highest BCUT2D eigenvalue weighted by atomic mass is 35.5. The van der Waals surface area contributed by atoms with Crippen LogP contribution in [0.3, 0.4) is 0 Å². The van der Waals surface area contributed by atoms with E-state index in [0.29, 0.717) is 29.2 Å². The average Bonchev–Trinajstić information content (AvgIpc) is 2.83. The number of halogens is 1. The van der Waals surface area contributed by atoms with E-state index in [4.69, 9.17) is 21.1 Å². The third-order valence-corrected chi connectivity index (χ3v) is 4.82. The van der Waals surface area contributed by atoms with Crippen molar-refractivity contribution in [2.45, 2.75) is 6.92 Å². The van der Waals surface area contributed by atoms with Gasteiger partial charge in [0.15, 0.2) is 18.1 Å². The van der Waals surface area contributed by atoms with Gasteiger partial charge in [-0.15, -0.1) is 0 Å². The maximum absolute atomic E-state index is 12.2. The summed E-state index contributed by atoms with van der Waals surface area (Å²) < 4.78 is 11.3. The number of non-ortho nitro benzene ring substituents is 1. The van der Waals surface area contributed by atoms with Gasteiger partial charge < -0.3 is 14.8 Å². The summed E-state index contributed by atoms with van der Waals surface area (Å²) in [7, 11) is 0. The van der Waals surface area contributed by atoms with E-state index >= 15 is 0 Å². The van der Waals surface area contributed by atoms with Crippen LogP contribution in [0, 0.1) is 21.4 Å². The molecule has 0 heterocycles. The van der Waals surface area contributed by atoms with E-state index in [1.54, 1.807) is 55.5 Å². The number of nitro benzene ring substituents is 1. The van der Waals surface area contributed by atoms with E-state index < -0.39 is 4.92 Å². The van der Waals surface area contributed by atoms with Crippen molar-refractivity contribution in [2.24, 2.45) is 0 Å². The summed E-state index contributed by atoms with van der Waals surface area (Å²) in [4.78, 5) is 22.8. The van der Waals surface area contributed by atoms with Gasteiger partial charge in [0, 0.05) is 17.8 Å². The standard InChI is InChI=1S/C25H20ClN3O5/c1-2-33-23-13-17(11-19(15-27)18-7-6-10-21(14-18)29(31)32)12-22(26)25(23)34-16-24(30)28-20-8-4-3-5-9-20/h3-14H,2,16H2,1H3,(H,28,30). The first-order valence-electron chi connectivity index (χ1n) is 10.2. The molecule has 0 unspecified atom stereocenters. The van der Waals surface area contributed by atoms with Gasteiger partial charge in [-0.25, -0.2) is 0 Å². The minimum Gasteiger partial charge on any atom is -0.490 e. The second-order valence-electron chi connectivity index (χ2n) is 6.94. The zero-order chi connectivity index (χ0) is 24.5. The van der Waals surface area contributed by atoms with Gasteiger partial charge in [-0.3, -0.25) is 14.9 Å². The Kier molecular flexibility index (Phi) is 8.21. The van der Waals surface area contributed by atoms with Crippen molar-refractivity contribution in [3.8, 4) is 17.6 Å². The summed E-state index contributed by atoms with van der Waals surface area (Å²) in [6.07, 6.45) is 1.54. The van der Waals surface area contributed by atoms with Gasteiger partial charge in [0.05, 0.1) is 28.2 Å². The zero-order valence-electron chi connectivity index (χ0n) is 18.2. The first-order chi connectivity index (χ1) is 16.4. The molecule has 0 fully saturated rings. The van der Waals surface area contributed by atoms with Crippen LogP contribution in [0.2, 0.25) is 5.02 Å². The Morgan fingerprint density at radius 3 is 2.59 bits per heavy atom. The van der Waals surface area contributed by atoms with E-state index in [-0.39, 0.29) is 34.5 Å². The second-order valence-corrected chi connectivity index (χ2v) is 7.35. The van der Waals surface area contributed by atoms with Crippen molar-refractivity contribution >= 4 is 40.5 Å². The Morgan fingerprint density at radius 1 is 1.15 bits per heavy atom. The molecule has 3 rings (SSSR count). The quantitative estimate of drug-likeness (QED) is 0.182. The molecular weight excluding hydrogens is 458 g/mol. The maximum Gasteiger partial charge on any atom is 0.270 e. The maximum atomic E-state index is 12.2. The number of nitrogens with zero attached hydrogens (tertiary/aromatic N) is 2. The highest BCUT2D eigenvalue weighted by molar-refractivity contribution is 6.32. The fourth-order valence-electron chi connectivity index (χ4n) is 3.06. The number of anilines is 1. The molecule has 0 radical (unpaired) electrons. The van der Waals surface area contributed by atoms with Crippen molar-refractivity contribution in [3.05, 3.63) is 93.0 Å². The van der Waals surface area contributed by atoms with E-state index in [1.807, 2.05) is 6.07 Å². The summed E-state index contributed by atoms with van der Waals surface area (Å²) in [5, 5.41) is 23.6. The molecule has 8 nitrogen and oxygen atoms in total. The van der Waals surface area contributed by atoms with E-state index in [1.165, 1.54) is 18.2 Å². The molecule has 0 aliphatic carbocycles. The van der Waals surface area contributed by atoms with Gasteiger partial charge in [0.2, 0.25) is 0 Å². The van der Waals surface area contributed by atoms with Crippen LogP contribution < -0.4 is 14.8 Å². The van der Waals surface area contributed by atoms with E-state index in [0.717, 1.165) is 0 Å². The van der Waals surface area contributed by atoms with Crippen LogP contribution in [0.5, 0.6) is 11.5 Å². The Bertz CT molecular complexity index is 1270. The molecule has 0 aliphatic heterocycles. The van der Waals surface area contributed by atoms with Crippen LogP contribution in [0.15, 0.2) is 66.7 Å². The number of rotatable bonds is 9. The normalized spacial score (nSPS) is 10.8. The lowest BCUT2D eigenvalue weighted by atomic mass is 10.0. The minimum absolute atomic E-state index is 0.121. The minimum atomic E-state index is -0.525. The molecule has 0 aromatic heterocycles. The smallest absolute Gasteiger partial charge is 0.270 e. The fourth-order valence-corrected chi connectivity index (χ4v) is 3.34. The largest absolute Gasteiger partial charge is 0.490 e. The van der Waals surface area contributed by atoms with Gasteiger partial charge in [0.25, 0.3) is 11.6 Å². The zero-order valence-corrected chi connectivity index (χ0v) is 18.9. The fraction of sp³-hybridized carbons (Fsp3) is 0.120. The SMILES string of the molecule is CCOc1cc(C=C(C#N)c2cccc([N+](=O)[O-])c2)cc(Cl)c1OCC(=O)Nc1ccccc1.